The predicted molar refractivity (Wildman–Crippen MR) is 62.8 cm³/mol. The molecule has 80 valence electrons. The van der Waals surface area contributed by atoms with Crippen molar-refractivity contribution >= 4 is 11.6 Å². The summed E-state index contributed by atoms with van der Waals surface area (Å²) < 4.78 is 0. The van der Waals surface area contributed by atoms with E-state index in [2.05, 4.69) is 18.3 Å². The van der Waals surface area contributed by atoms with Crippen LogP contribution >= 0.6 is 11.6 Å². The van der Waals surface area contributed by atoms with Crippen molar-refractivity contribution in [1.29, 1.82) is 5.26 Å². The summed E-state index contributed by atoms with van der Waals surface area (Å²) in [5, 5.41) is 13.0. The Bertz CT molecular complexity index is 368. The van der Waals surface area contributed by atoms with Crippen molar-refractivity contribution < 1.29 is 0 Å². The third-order valence-corrected chi connectivity index (χ3v) is 2.51. The van der Waals surface area contributed by atoms with E-state index in [1.54, 1.807) is 0 Å². The second-order valence-electron chi connectivity index (χ2n) is 3.52. The highest BCUT2D eigenvalue weighted by molar-refractivity contribution is 6.30. The average Bonchev–Trinajstić information content (AvgIpc) is 2.21. The van der Waals surface area contributed by atoms with Gasteiger partial charge in [0.05, 0.1) is 6.07 Å². The molecule has 0 radical (unpaired) electrons. The SMILES string of the molecule is CCCNC(C#N)c1ccc(Cl)cc1C. The van der Waals surface area contributed by atoms with Crippen LogP contribution in [0.15, 0.2) is 18.2 Å². The van der Waals surface area contributed by atoms with Crippen molar-refractivity contribution in [1.82, 2.24) is 5.32 Å². The van der Waals surface area contributed by atoms with Gasteiger partial charge in [-0.3, -0.25) is 5.32 Å². The molecule has 0 spiro atoms. The maximum atomic E-state index is 9.05. The molecular weight excluding hydrogens is 208 g/mol. The van der Waals surface area contributed by atoms with Crippen LogP contribution < -0.4 is 5.32 Å². The Hall–Kier alpha value is -1.04. The highest BCUT2D eigenvalue weighted by atomic mass is 35.5. The van der Waals surface area contributed by atoms with E-state index in [0.29, 0.717) is 5.02 Å². The zero-order valence-electron chi connectivity index (χ0n) is 9.05. The molecule has 0 aliphatic carbocycles. The molecule has 0 aliphatic rings. The van der Waals surface area contributed by atoms with Gasteiger partial charge in [-0.2, -0.15) is 5.26 Å². The van der Waals surface area contributed by atoms with E-state index in [9.17, 15) is 0 Å². The number of nitrogens with one attached hydrogen (secondary N) is 1. The first-order valence-electron chi connectivity index (χ1n) is 5.08. The molecule has 15 heavy (non-hydrogen) atoms. The molecule has 1 aromatic carbocycles. The minimum absolute atomic E-state index is 0.234. The summed E-state index contributed by atoms with van der Waals surface area (Å²) in [6.45, 7) is 4.90. The molecule has 0 saturated heterocycles. The van der Waals surface area contributed by atoms with Gasteiger partial charge in [0.2, 0.25) is 0 Å². The molecule has 0 amide bonds. The topological polar surface area (TPSA) is 35.8 Å². The van der Waals surface area contributed by atoms with Crippen molar-refractivity contribution in [3.05, 3.63) is 34.3 Å². The fraction of sp³-hybridized carbons (Fsp3) is 0.417. The zero-order valence-corrected chi connectivity index (χ0v) is 9.80. The molecule has 0 saturated carbocycles. The maximum Gasteiger partial charge on any atom is 0.121 e. The number of halogens is 1. The van der Waals surface area contributed by atoms with Crippen LogP contribution in [0.25, 0.3) is 0 Å². The molecule has 1 aromatic rings. The second-order valence-corrected chi connectivity index (χ2v) is 3.95. The second kappa shape index (κ2) is 5.75. The molecule has 0 aromatic heterocycles. The van der Waals surface area contributed by atoms with Gasteiger partial charge in [-0.15, -0.1) is 0 Å². The summed E-state index contributed by atoms with van der Waals surface area (Å²) in [5.41, 5.74) is 2.06. The number of benzene rings is 1. The summed E-state index contributed by atoms with van der Waals surface area (Å²) >= 11 is 5.87. The lowest BCUT2D eigenvalue weighted by Crippen LogP contribution is -2.21. The van der Waals surface area contributed by atoms with E-state index >= 15 is 0 Å². The number of hydrogen-bond acceptors (Lipinski definition) is 2. The Labute approximate surface area is 95.9 Å². The van der Waals surface area contributed by atoms with Gasteiger partial charge in [-0.1, -0.05) is 24.6 Å². The van der Waals surface area contributed by atoms with Crippen molar-refractivity contribution in [2.75, 3.05) is 6.54 Å². The smallest absolute Gasteiger partial charge is 0.121 e. The fourth-order valence-corrected chi connectivity index (χ4v) is 1.70. The van der Waals surface area contributed by atoms with E-state index in [4.69, 9.17) is 16.9 Å². The number of nitriles is 1. The fourth-order valence-electron chi connectivity index (χ4n) is 1.48. The van der Waals surface area contributed by atoms with Crippen LogP contribution in [0.2, 0.25) is 5.02 Å². The highest BCUT2D eigenvalue weighted by Gasteiger charge is 2.11. The molecule has 0 fully saturated rings. The van der Waals surface area contributed by atoms with E-state index in [-0.39, 0.29) is 6.04 Å². The van der Waals surface area contributed by atoms with Gasteiger partial charge in [0.25, 0.3) is 0 Å². The van der Waals surface area contributed by atoms with Crippen LogP contribution in [0.5, 0.6) is 0 Å². The lowest BCUT2D eigenvalue weighted by molar-refractivity contribution is 0.619. The Morgan fingerprint density at radius 1 is 1.53 bits per heavy atom. The van der Waals surface area contributed by atoms with E-state index in [1.807, 2.05) is 25.1 Å². The van der Waals surface area contributed by atoms with Crippen LogP contribution in [-0.4, -0.2) is 6.54 Å². The third kappa shape index (κ3) is 3.23. The maximum absolute atomic E-state index is 9.05. The molecule has 2 nitrogen and oxygen atoms in total. The number of rotatable bonds is 4. The van der Waals surface area contributed by atoms with E-state index in [1.165, 1.54) is 0 Å². The quantitative estimate of drug-likeness (QED) is 0.849. The van der Waals surface area contributed by atoms with Gasteiger partial charge in [-0.25, -0.2) is 0 Å². The van der Waals surface area contributed by atoms with Gasteiger partial charge >= 0.3 is 0 Å². The van der Waals surface area contributed by atoms with Gasteiger partial charge in [0, 0.05) is 5.02 Å². The number of aryl methyl sites for hydroxylation is 1. The van der Waals surface area contributed by atoms with Gasteiger partial charge in [0.1, 0.15) is 6.04 Å². The lowest BCUT2D eigenvalue weighted by atomic mass is 10.0. The van der Waals surface area contributed by atoms with Crippen LogP contribution in [-0.2, 0) is 0 Å². The van der Waals surface area contributed by atoms with Gasteiger partial charge in [0.15, 0.2) is 0 Å². The third-order valence-electron chi connectivity index (χ3n) is 2.27. The Morgan fingerprint density at radius 3 is 2.80 bits per heavy atom. The minimum Gasteiger partial charge on any atom is -0.298 e. The number of hydrogen-bond donors (Lipinski definition) is 1. The van der Waals surface area contributed by atoms with Crippen molar-refractivity contribution in [3.8, 4) is 6.07 Å². The Kier molecular flexibility index (Phi) is 4.61. The van der Waals surface area contributed by atoms with Gasteiger partial charge < -0.3 is 0 Å². The summed E-state index contributed by atoms with van der Waals surface area (Å²) in [4.78, 5) is 0. The zero-order chi connectivity index (χ0) is 11.3. The monoisotopic (exact) mass is 222 g/mol. The predicted octanol–water partition coefficient (Wildman–Crippen LogP) is 3.21. The average molecular weight is 223 g/mol. The largest absolute Gasteiger partial charge is 0.298 e. The summed E-state index contributed by atoms with van der Waals surface area (Å²) in [7, 11) is 0. The Morgan fingerprint density at radius 2 is 2.27 bits per heavy atom. The Balaban J connectivity index is 2.88. The van der Waals surface area contributed by atoms with Crippen molar-refractivity contribution in [3.63, 3.8) is 0 Å². The van der Waals surface area contributed by atoms with Crippen LogP contribution in [0.4, 0.5) is 0 Å². The van der Waals surface area contributed by atoms with Crippen LogP contribution in [0.1, 0.15) is 30.5 Å². The van der Waals surface area contributed by atoms with Gasteiger partial charge in [-0.05, 0) is 43.1 Å². The van der Waals surface area contributed by atoms with Crippen LogP contribution in [0.3, 0.4) is 0 Å². The molecular formula is C12H15ClN2. The molecule has 0 bridgehead atoms. The highest BCUT2D eigenvalue weighted by Crippen LogP contribution is 2.20. The summed E-state index contributed by atoms with van der Waals surface area (Å²) in [6, 6.07) is 7.64. The number of nitrogens with zero attached hydrogens (tertiary/aromatic N) is 1. The van der Waals surface area contributed by atoms with Crippen LogP contribution in [0, 0.1) is 18.3 Å². The lowest BCUT2D eigenvalue weighted by Gasteiger charge is -2.13. The first-order chi connectivity index (χ1) is 7.19. The summed E-state index contributed by atoms with van der Waals surface area (Å²) in [6.07, 6.45) is 1.02. The molecule has 1 N–H and O–H groups in total. The first-order valence-corrected chi connectivity index (χ1v) is 5.46. The van der Waals surface area contributed by atoms with E-state index in [0.717, 1.165) is 24.1 Å². The molecule has 1 atom stereocenters. The molecule has 1 unspecified atom stereocenters. The van der Waals surface area contributed by atoms with E-state index < -0.39 is 0 Å². The molecule has 0 aliphatic heterocycles. The normalized spacial score (nSPS) is 12.1. The van der Waals surface area contributed by atoms with Crippen molar-refractivity contribution in [2.45, 2.75) is 26.3 Å². The minimum atomic E-state index is -0.234. The standard InChI is InChI=1S/C12H15ClN2/c1-3-6-15-12(8-14)11-5-4-10(13)7-9(11)2/h4-5,7,12,15H,3,6H2,1-2H3. The molecule has 1 rings (SSSR count). The molecule has 3 heteroatoms. The van der Waals surface area contributed by atoms with Crippen molar-refractivity contribution in [2.24, 2.45) is 0 Å². The summed E-state index contributed by atoms with van der Waals surface area (Å²) in [5.74, 6) is 0. The first kappa shape index (κ1) is 12.0. The molecule has 0 heterocycles.